The molecule has 2 aliphatic rings. The van der Waals surface area contributed by atoms with Gasteiger partial charge in [0, 0.05) is 31.7 Å². The zero-order chi connectivity index (χ0) is 14.9. The first-order valence-corrected chi connectivity index (χ1v) is 8.92. The lowest BCUT2D eigenvalue weighted by Gasteiger charge is -2.41. The van der Waals surface area contributed by atoms with Gasteiger partial charge in [-0.3, -0.25) is 0 Å². The molecular weight excluding hydrogens is 284 g/mol. The van der Waals surface area contributed by atoms with Crippen molar-refractivity contribution in [2.75, 3.05) is 26.1 Å². The summed E-state index contributed by atoms with van der Waals surface area (Å²) in [5.41, 5.74) is 2.88. The van der Waals surface area contributed by atoms with Crippen LogP contribution in [0.5, 0.6) is 0 Å². The van der Waals surface area contributed by atoms with Gasteiger partial charge in [0.25, 0.3) is 0 Å². The van der Waals surface area contributed by atoms with Gasteiger partial charge >= 0.3 is 0 Å². The van der Waals surface area contributed by atoms with E-state index in [1.165, 1.54) is 31.4 Å². The topological polar surface area (TPSA) is 36.3 Å². The predicted octanol–water partition coefficient (Wildman–Crippen LogP) is 3.20. The molecule has 1 saturated heterocycles. The van der Waals surface area contributed by atoms with Crippen molar-refractivity contribution in [3.63, 3.8) is 0 Å². The van der Waals surface area contributed by atoms with Crippen LogP contribution >= 0.6 is 11.8 Å². The molecule has 1 atom stereocenters. The minimum Gasteiger partial charge on any atom is -0.383 e. The van der Waals surface area contributed by atoms with Crippen LogP contribution < -0.4 is 0 Å². The summed E-state index contributed by atoms with van der Waals surface area (Å²) < 4.78 is 13.5. The van der Waals surface area contributed by atoms with Crippen molar-refractivity contribution >= 4 is 11.8 Å². The summed E-state index contributed by atoms with van der Waals surface area (Å²) in [7, 11) is 1.75. The third kappa shape index (κ3) is 2.88. The summed E-state index contributed by atoms with van der Waals surface area (Å²) in [4.78, 5) is 4.73. The second-order valence-corrected chi connectivity index (χ2v) is 7.33. The predicted molar refractivity (Wildman–Crippen MR) is 84.9 cm³/mol. The largest absolute Gasteiger partial charge is 0.383 e. The molecule has 1 aliphatic heterocycles. The van der Waals surface area contributed by atoms with Crippen LogP contribution in [0.3, 0.4) is 0 Å². The molecule has 118 valence electrons. The Labute approximate surface area is 131 Å². The molecule has 21 heavy (non-hydrogen) atoms. The van der Waals surface area contributed by atoms with Crippen molar-refractivity contribution in [3.8, 4) is 0 Å². The Balaban J connectivity index is 1.66. The van der Waals surface area contributed by atoms with Gasteiger partial charge in [0.15, 0.2) is 5.16 Å². The van der Waals surface area contributed by atoms with Gasteiger partial charge in [0.2, 0.25) is 0 Å². The fourth-order valence-electron chi connectivity index (χ4n) is 3.50. The molecule has 1 unspecified atom stereocenters. The second-order valence-electron chi connectivity index (χ2n) is 6.35. The molecule has 3 rings (SSSR count). The lowest BCUT2D eigenvalue weighted by Crippen LogP contribution is -2.39. The van der Waals surface area contributed by atoms with Crippen LogP contribution in [0.15, 0.2) is 5.16 Å². The standard InChI is InChI=1S/C16H26N2O2S/c1-12-13(2)18(8-10-19-3)15(17-12)21-11-14-16(5-4-6-16)7-9-20-14/h14H,4-11H2,1-3H3. The van der Waals surface area contributed by atoms with Crippen molar-refractivity contribution < 1.29 is 9.47 Å². The number of nitrogens with zero attached hydrogens (tertiary/aromatic N) is 2. The highest BCUT2D eigenvalue weighted by Crippen LogP contribution is 2.52. The lowest BCUT2D eigenvalue weighted by molar-refractivity contribution is 0.0204. The highest BCUT2D eigenvalue weighted by Gasteiger charge is 2.48. The van der Waals surface area contributed by atoms with Gasteiger partial charge in [-0.1, -0.05) is 18.2 Å². The van der Waals surface area contributed by atoms with Gasteiger partial charge in [-0.15, -0.1) is 0 Å². The van der Waals surface area contributed by atoms with E-state index in [0.29, 0.717) is 11.5 Å². The van der Waals surface area contributed by atoms with Gasteiger partial charge < -0.3 is 14.0 Å². The van der Waals surface area contributed by atoms with Crippen LogP contribution in [0, 0.1) is 19.3 Å². The number of thioether (sulfide) groups is 1. The SMILES string of the molecule is COCCn1c(SCC2OCCC23CCC3)nc(C)c1C. The molecule has 4 nitrogen and oxygen atoms in total. The van der Waals surface area contributed by atoms with E-state index in [1.54, 1.807) is 7.11 Å². The molecule has 1 aromatic rings. The second kappa shape index (κ2) is 6.31. The molecule has 0 radical (unpaired) electrons. The average molecular weight is 310 g/mol. The molecule has 1 aliphatic carbocycles. The highest BCUT2D eigenvalue weighted by atomic mass is 32.2. The summed E-state index contributed by atoms with van der Waals surface area (Å²) in [5.74, 6) is 1.03. The monoisotopic (exact) mass is 310 g/mol. The molecule has 2 fully saturated rings. The molecule has 1 saturated carbocycles. The number of hydrogen-bond donors (Lipinski definition) is 0. The van der Waals surface area contributed by atoms with E-state index in [0.717, 1.165) is 36.4 Å². The van der Waals surface area contributed by atoms with Crippen LogP contribution in [-0.2, 0) is 16.0 Å². The van der Waals surface area contributed by atoms with Crippen LogP contribution in [0.25, 0.3) is 0 Å². The van der Waals surface area contributed by atoms with E-state index in [1.807, 2.05) is 11.8 Å². The Hall–Kier alpha value is -0.520. The van der Waals surface area contributed by atoms with Gasteiger partial charge in [-0.25, -0.2) is 4.98 Å². The minimum atomic E-state index is 0.421. The van der Waals surface area contributed by atoms with Gasteiger partial charge in [0.1, 0.15) is 0 Å². The first kappa shape index (κ1) is 15.4. The van der Waals surface area contributed by atoms with E-state index < -0.39 is 0 Å². The lowest BCUT2D eigenvalue weighted by atomic mass is 9.65. The molecule has 1 aromatic heterocycles. The van der Waals surface area contributed by atoms with Crippen LogP contribution in [0.2, 0.25) is 0 Å². The Kier molecular flexibility index (Phi) is 4.62. The van der Waals surface area contributed by atoms with Crippen molar-refractivity contribution in [2.24, 2.45) is 5.41 Å². The maximum absolute atomic E-state index is 6.01. The summed E-state index contributed by atoms with van der Waals surface area (Å²) in [6.07, 6.45) is 5.77. The maximum Gasteiger partial charge on any atom is 0.168 e. The Morgan fingerprint density at radius 1 is 1.38 bits per heavy atom. The number of aromatic nitrogens is 2. The maximum atomic E-state index is 6.01. The zero-order valence-electron chi connectivity index (χ0n) is 13.4. The summed E-state index contributed by atoms with van der Waals surface area (Å²) in [5, 5.41) is 1.12. The molecule has 0 aromatic carbocycles. The fraction of sp³-hybridized carbons (Fsp3) is 0.812. The van der Waals surface area contributed by atoms with E-state index in [-0.39, 0.29) is 0 Å². The summed E-state index contributed by atoms with van der Waals surface area (Å²) in [6, 6.07) is 0. The van der Waals surface area contributed by atoms with Gasteiger partial charge in [0.05, 0.1) is 18.4 Å². The summed E-state index contributed by atoms with van der Waals surface area (Å²) >= 11 is 1.85. The molecule has 1 spiro atoms. The van der Waals surface area contributed by atoms with Crippen molar-refractivity contribution in [2.45, 2.75) is 57.3 Å². The average Bonchev–Trinajstić information content (AvgIpc) is 2.97. The highest BCUT2D eigenvalue weighted by molar-refractivity contribution is 7.99. The Bertz CT molecular complexity index is 497. The number of hydrogen-bond acceptors (Lipinski definition) is 4. The number of aryl methyl sites for hydroxylation is 1. The van der Waals surface area contributed by atoms with Crippen molar-refractivity contribution in [1.82, 2.24) is 9.55 Å². The third-order valence-electron chi connectivity index (χ3n) is 5.26. The molecule has 2 heterocycles. The van der Waals surface area contributed by atoms with E-state index in [2.05, 4.69) is 18.4 Å². The Morgan fingerprint density at radius 2 is 2.19 bits per heavy atom. The number of rotatable bonds is 6. The molecular formula is C16H26N2O2S. The number of ether oxygens (including phenoxy) is 2. The summed E-state index contributed by atoms with van der Waals surface area (Å²) in [6.45, 7) is 6.78. The molecule has 0 bridgehead atoms. The van der Waals surface area contributed by atoms with Gasteiger partial charge in [-0.2, -0.15) is 0 Å². The van der Waals surface area contributed by atoms with E-state index in [4.69, 9.17) is 14.5 Å². The smallest absolute Gasteiger partial charge is 0.168 e. The number of methoxy groups -OCH3 is 1. The van der Waals surface area contributed by atoms with E-state index in [9.17, 15) is 0 Å². The normalized spacial score (nSPS) is 23.7. The third-order valence-corrected chi connectivity index (χ3v) is 6.30. The first-order chi connectivity index (χ1) is 10.2. The molecule has 5 heteroatoms. The van der Waals surface area contributed by atoms with Crippen LogP contribution in [-0.4, -0.2) is 41.7 Å². The zero-order valence-corrected chi connectivity index (χ0v) is 14.2. The quantitative estimate of drug-likeness (QED) is 0.756. The fourth-order valence-corrected chi connectivity index (χ4v) is 4.84. The Morgan fingerprint density at radius 3 is 2.86 bits per heavy atom. The molecule has 0 N–H and O–H groups in total. The van der Waals surface area contributed by atoms with Crippen LogP contribution in [0.4, 0.5) is 0 Å². The first-order valence-electron chi connectivity index (χ1n) is 7.93. The van der Waals surface area contributed by atoms with E-state index >= 15 is 0 Å². The van der Waals surface area contributed by atoms with Crippen molar-refractivity contribution in [1.29, 1.82) is 0 Å². The van der Waals surface area contributed by atoms with Crippen molar-refractivity contribution in [3.05, 3.63) is 11.4 Å². The minimum absolute atomic E-state index is 0.421. The van der Waals surface area contributed by atoms with Gasteiger partial charge in [-0.05, 0) is 38.5 Å². The molecule has 0 amide bonds. The number of imidazole rings is 1. The van der Waals surface area contributed by atoms with Crippen LogP contribution in [0.1, 0.15) is 37.1 Å².